The van der Waals surface area contributed by atoms with Crippen molar-refractivity contribution in [1.29, 1.82) is 0 Å². The first-order chi connectivity index (χ1) is 8.60. The second-order valence-electron chi connectivity index (χ2n) is 4.35. The van der Waals surface area contributed by atoms with Gasteiger partial charge in [-0.1, -0.05) is 0 Å². The lowest BCUT2D eigenvalue weighted by molar-refractivity contribution is -0.152. The minimum absolute atomic E-state index is 0.237. The third-order valence-electron chi connectivity index (χ3n) is 3.03. The van der Waals surface area contributed by atoms with Crippen molar-refractivity contribution >= 4 is 11.9 Å². The van der Waals surface area contributed by atoms with Gasteiger partial charge in [0, 0.05) is 45.7 Å². The van der Waals surface area contributed by atoms with Gasteiger partial charge in [0.25, 0.3) is 0 Å². The molecule has 2 N–H and O–H groups in total. The quantitative estimate of drug-likeness (QED) is 0.652. The molecule has 0 bridgehead atoms. The Morgan fingerprint density at radius 3 is 2.61 bits per heavy atom. The van der Waals surface area contributed by atoms with E-state index in [1.165, 1.54) is 0 Å². The van der Waals surface area contributed by atoms with Crippen LogP contribution in [0.3, 0.4) is 0 Å². The fourth-order valence-electron chi connectivity index (χ4n) is 1.92. The smallest absolute Gasteiger partial charge is 0.329 e. The molecule has 6 heteroatoms. The average Bonchev–Trinajstić information content (AvgIpc) is 2.35. The maximum atomic E-state index is 11.7. The number of aliphatic carboxylic acids is 1. The van der Waals surface area contributed by atoms with Gasteiger partial charge in [0.15, 0.2) is 0 Å². The average molecular weight is 259 g/mol. The number of carbonyl (C=O) groups excluding carboxylic acids is 1. The predicted octanol–water partition coefficient (Wildman–Crippen LogP) is 0.553. The highest BCUT2D eigenvalue weighted by atomic mass is 16.5. The second kappa shape index (κ2) is 7.33. The molecule has 1 aliphatic heterocycles. The molecule has 0 saturated carbocycles. The summed E-state index contributed by atoms with van der Waals surface area (Å²) < 4.78 is 10.3. The van der Waals surface area contributed by atoms with Crippen molar-refractivity contribution in [2.24, 2.45) is 0 Å². The standard InChI is InChI=1S/C12H21NO5/c1-2-17-7-3-4-10(14)13-12(11(15)16)5-8-18-9-6-12/h2-9H2,1H3,(H,13,14)(H,15,16). The van der Waals surface area contributed by atoms with Crippen molar-refractivity contribution in [1.82, 2.24) is 5.32 Å². The number of carbonyl (C=O) groups is 2. The Morgan fingerprint density at radius 2 is 2.06 bits per heavy atom. The zero-order chi connectivity index (χ0) is 13.4. The largest absolute Gasteiger partial charge is 0.480 e. The Kier molecular flexibility index (Phi) is 6.07. The van der Waals surface area contributed by atoms with E-state index in [1.54, 1.807) is 0 Å². The van der Waals surface area contributed by atoms with E-state index in [1.807, 2.05) is 6.92 Å². The molecule has 1 aliphatic rings. The molecular formula is C12H21NO5. The fraction of sp³-hybridized carbons (Fsp3) is 0.833. The Hall–Kier alpha value is -1.14. The number of rotatable bonds is 7. The van der Waals surface area contributed by atoms with Crippen LogP contribution < -0.4 is 5.32 Å². The third kappa shape index (κ3) is 4.27. The molecule has 6 nitrogen and oxygen atoms in total. The van der Waals surface area contributed by atoms with E-state index in [0.717, 1.165) is 0 Å². The van der Waals surface area contributed by atoms with Gasteiger partial charge in [-0.25, -0.2) is 4.79 Å². The number of carboxylic acids is 1. The van der Waals surface area contributed by atoms with Crippen molar-refractivity contribution in [3.63, 3.8) is 0 Å². The van der Waals surface area contributed by atoms with E-state index in [-0.39, 0.29) is 12.3 Å². The molecule has 18 heavy (non-hydrogen) atoms. The molecule has 0 radical (unpaired) electrons. The Morgan fingerprint density at radius 1 is 1.39 bits per heavy atom. The highest BCUT2D eigenvalue weighted by Gasteiger charge is 2.41. The maximum Gasteiger partial charge on any atom is 0.329 e. The second-order valence-corrected chi connectivity index (χ2v) is 4.35. The van der Waals surface area contributed by atoms with Gasteiger partial charge in [-0.3, -0.25) is 4.79 Å². The molecule has 0 aliphatic carbocycles. The predicted molar refractivity (Wildman–Crippen MR) is 64.3 cm³/mol. The Bertz CT molecular complexity index is 286. The summed E-state index contributed by atoms with van der Waals surface area (Å²) in [5.41, 5.74) is -1.15. The molecule has 0 unspecified atom stereocenters. The van der Waals surface area contributed by atoms with Crippen LogP contribution in [0.15, 0.2) is 0 Å². The SMILES string of the molecule is CCOCCCC(=O)NC1(C(=O)O)CCOCC1. The normalized spacial score (nSPS) is 18.3. The number of hydrogen-bond acceptors (Lipinski definition) is 4. The zero-order valence-corrected chi connectivity index (χ0v) is 10.7. The van der Waals surface area contributed by atoms with Gasteiger partial charge >= 0.3 is 5.97 Å². The fourth-order valence-corrected chi connectivity index (χ4v) is 1.92. The number of nitrogens with one attached hydrogen (secondary N) is 1. The van der Waals surface area contributed by atoms with Gasteiger partial charge in [0.1, 0.15) is 5.54 Å². The molecule has 1 fully saturated rings. The van der Waals surface area contributed by atoms with Crippen LogP contribution in [0, 0.1) is 0 Å². The maximum absolute atomic E-state index is 11.7. The third-order valence-corrected chi connectivity index (χ3v) is 3.03. The van der Waals surface area contributed by atoms with Crippen molar-refractivity contribution in [2.75, 3.05) is 26.4 Å². The lowest BCUT2D eigenvalue weighted by atomic mass is 9.90. The highest BCUT2D eigenvalue weighted by molar-refractivity contribution is 5.87. The van der Waals surface area contributed by atoms with Gasteiger partial charge < -0.3 is 19.9 Å². The van der Waals surface area contributed by atoms with E-state index in [4.69, 9.17) is 9.47 Å². The summed E-state index contributed by atoms with van der Waals surface area (Å²) in [6.07, 6.45) is 1.53. The summed E-state index contributed by atoms with van der Waals surface area (Å²) in [5.74, 6) is -1.22. The highest BCUT2D eigenvalue weighted by Crippen LogP contribution is 2.21. The minimum Gasteiger partial charge on any atom is -0.480 e. The van der Waals surface area contributed by atoms with Crippen LogP contribution in [0.2, 0.25) is 0 Å². The van der Waals surface area contributed by atoms with E-state index in [0.29, 0.717) is 45.7 Å². The van der Waals surface area contributed by atoms with Crippen LogP contribution in [-0.4, -0.2) is 48.9 Å². The van der Waals surface area contributed by atoms with Crippen molar-refractivity contribution in [3.05, 3.63) is 0 Å². The van der Waals surface area contributed by atoms with Crippen molar-refractivity contribution in [3.8, 4) is 0 Å². The molecule has 0 atom stereocenters. The first-order valence-electron chi connectivity index (χ1n) is 6.30. The summed E-state index contributed by atoms with van der Waals surface area (Å²) in [6.45, 7) is 3.77. The van der Waals surface area contributed by atoms with Crippen LogP contribution in [0.1, 0.15) is 32.6 Å². The molecule has 104 valence electrons. The van der Waals surface area contributed by atoms with Gasteiger partial charge in [-0.15, -0.1) is 0 Å². The Balaban J connectivity index is 2.41. The molecular weight excluding hydrogens is 238 g/mol. The van der Waals surface area contributed by atoms with Crippen LogP contribution in [-0.2, 0) is 19.1 Å². The van der Waals surface area contributed by atoms with Gasteiger partial charge in [-0.05, 0) is 13.3 Å². The summed E-state index contributed by atoms with van der Waals surface area (Å²) in [6, 6.07) is 0. The molecule has 0 aromatic carbocycles. The van der Waals surface area contributed by atoms with Crippen LogP contribution >= 0.6 is 0 Å². The molecule has 1 saturated heterocycles. The number of hydrogen-bond donors (Lipinski definition) is 2. The molecule has 1 rings (SSSR count). The van der Waals surface area contributed by atoms with Crippen molar-refractivity contribution in [2.45, 2.75) is 38.1 Å². The summed E-state index contributed by atoms with van der Waals surface area (Å²) in [4.78, 5) is 23.0. The molecule has 1 heterocycles. The summed E-state index contributed by atoms with van der Waals surface area (Å²) >= 11 is 0. The number of amides is 1. The molecule has 0 spiro atoms. The topological polar surface area (TPSA) is 84.9 Å². The minimum atomic E-state index is -1.15. The van der Waals surface area contributed by atoms with E-state index in [2.05, 4.69) is 5.32 Å². The van der Waals surface area contributed by atoms with Crippen LogP contribution in [0.5, 0.6) is 0 Å². The molecule has 0 aromatic rings. The lowest BCUT2D eigenvalue weighted by Gasteiger charge is -2.33. The molecule has 1 amide bonds. The number of ether oxygens (including phenoxy) is 2. The monoisotopic (exact) mass is 259 g/mol. The van der Waals surface area contributed by atoms with Gasteiger partial charge in [0.05, 0.1) is 0 Å². The lowest BCUT2D eigenvalue weighted by Crippen LogP contribution is -2.57. The Labute approximate surface area is 107 Å². The van der Waals surface area contributed by atoms with E-state index < -0.39 is 11.5 Å². The van der Waals surface area contributed by atoms with Crippen molar-refractivity contribution < 1.29 is 24.2 Å². The first-order valence-corrected chi connectivity index (χ1v) is 6.30. The zero-order valence-electron chi connectivity index (χ0n) is 10.7. The van der Waals surface area contributed by atoms with Crippen LogP contribution in [0.4, 0.5) is 0 Å². The van der Waals surface area contributed by atoms with Gasteiger partial charge in [0.2, 0.25) is 5.91 Å². The van der Waals surface area contributed by atoms with E-state index in [9.17, 15) is 14.7 Å². The van der Waals surface area contributed by atoms with Crippen LogP contribution in [0.25, 0.3) is 0 Å². The summed E-state index contributed by atoms with van der Waals surface area (Å²) in [5, 5.41) is 11.9. The molecule has 0 aromatic heterocycles. The van der Waals surface area contributed by atoms with E-state index >= 15 is 0 Å². The summed E-state index contributed by atoms with van der Waals surface area (Å²) in [7, 11) is 0. The first kappa shape index (κ1) is 14.9. The van der Waals surface area contributed by atoms with Gasteiger partial charge in [-0.2, -0.15) is 0 Å². The number of carboxylic acid groups (broad SMARTS) is 1.